The molecule has 3 nitrogen and oxygen atoms in total. The van der Waals surface area contributed by atoms with Gasteiger partial charge in [0.1, 0.15) is 0 Å². The second kappa shape index (κ2) is 9.21. The number of likely N-dealkylation sites (tertiary alicyclic amines) is 1. The second-order valence-corrected chi connectivity index (χ2v) is 8.74. The topological polar surface area (TPSA) is 32.3 Å². The Kier molecular flexibility index (Phi) is 7.60. The highest BCUT2D eigenvalue weighted by molar-refractivity contribution is 8.19. The normalized spacial score (nSPS) is 22.0. The van der Waals surface area contributed by atoms with Gasteiger partial charge in [0.05, 0.1) is 4.58 Å². The number of hydrogen-bond donors (Lipinski definition) is 1. The molecule has 128 valence electrons. The van der Waals surface area contributed by atoms with E-state index in [2.05, 4.69) is 17.4 Å². The maximum Gasteiger partial charge on any atom is 0.253 e. The van der Waals surface area contributed by atoms with Crippen LogP contribution in [-0.4, -0.2) is 49.0 Å². The molecule has 1 N–H and O–H groups in total. The van der Waals surface area contributed by atoms with E-state index in [0.29, 0.717) is 10.5 Å². The Labute approximate surface area is 153 Å². The van der Waals surface area contributed by atoms with Gasteiger partial charge in [-0.2, -0.15) is 0 Å². The monoisotopic (exact) mass is 372 g/mol. The van der Waals surface area contributed by atoms with E-state index in [4.69, 9.17) is 0 Å². The SMILES string of the molecule is CNCC1CCCN(C(=O)c2ccc(C3SCCS3)cc2)C1.Cl. The third-order valence-corrected chi connectivity index (χ3v) is 7.45. The number of amides is 1. The second-order valence-electron chi connectivity index (χ2n) is 6.01. The van der Waals surface area contributed by atoms with E-state index >= 15 is 0 Å². The van der Waals surface area contributed by atoms with Crippen molar-refractivity contribution in [3.8, 4) is 0 Å². The summed E-state index contributed by atoms with van der Waals surface area (Å²) in [5, 5.41) is 3.23. The van der Waals surface area contributed by atoms with Gasteiger partial charge in [-0.05, 0) is 50.0 Å². The van der Waals surface area contributed by atoms with E-state index in [-0.39, 0.29) is 18.3 Å². The molecule has 3 rings (SSSR count). The Morgan fingerprint density at radius 2 is 1.96 bits per heavy atom. The van der Waals surface area contributed by atoms with Crippen LogP contribution in [0.15, 0.2) is 24.3 Å². The predicted octanol–water partition coefficient (Wildman–Crippen LogP) is 3.66. The summed E-state index contributed by atoms with van der Waals surface area (Å²) in [6.07, 6.45) is 2.34. The molecule has 23 heavy (non-hydrogen) atoms. The minimum absolute atomic E-state index is 0. The van der Waals surface area contributed by atoms with Crippen molar-refractivity contribution in [3.63, 3.8) is 0 Å². The molecule has 0 saturated carbocycles. The lowest BCUT2D eigenvalue weighted by Gasteiger charge is -2.32. The first kappa shape index (κ1) is 19.0. The summed E-state index contributed by atoms with van der Waals surface area (Å²) in [5.41, 5.74) is 2.18. The lowest BCUT2D eigenvalue weighted by molar-refractivity contribution is 0.0674. The fourth-order valence-corrected chi connectivity index (χ4v) is 6.08. The molecule has 2 heterocycles. The molecule has 1 aromatic carbocycles. The molecule has 0 radical (unpaired) electrons. The zero-order valence-electron chi connectivity index (χ0n) is 13.5. The molecule has 0 aliphatic carbocycles. The molecule has 6 heteroatoms. The quantitative estimate of drug-likeness (QED) is 0.874. The first-order valence-electron chi connectivity index (χ1n) is 8.05. The maximum absolute atomic E-state index is 12.7. The highest BCUT2D eigenvalue weighted by Gasteiger charge is 2.24. The van der Waals surface area contributed by atoms with Gasteiger partial charge in [0.25, 0.3) is 5.91 Å². The largest absolute Gasteiger partial charge is 0.338 e. The van der Waals surface area contributed by atoms with E-state index < -0.39 is 0 Å². The summed E-state index contributed by atoms with van der Waals surface area (Å²) in [6.45, 7) is 2.78. The average Bonchev–Trinajstić information content (AvgIpc) is 3.09. The van der Waals surface area contributed by atoms with Crippen LogP contribution in [0.4, 0.5) is 0 Å². The minimum Gasteiger partial charge on any atom is -0.338 e. The van der Waals surface area contributed by atoms with Crippen LogP contribution in [0.1, 0.15) is 33.3 Å². The smallest absolute Gasteiger partial charge is 0.253 e. The van der Waals surface area contributed by atoms with Crippen molar-refractivity contribution in [3.05, 3.63) is 35.4 Å². The zero-order valence-corrected chi connectivity index (χ0v) is 15.9. The molecular weight excluding hydrogens is 348 g/mol. The fraction of sp³-hybridized carbons (Fsp3) is 0.588. The van der Waals surface area contributed by atoms with Gasteiger partial charge < -0.3 is 10.2 Å². The third kappa shape index (κ3) is 4.81. The summed E-state index contributed by atoms with van der Waals surface area (Å²) in [6, 6.07) is 8.30. The highest BCUT2D eigenvalue weighted by atomic mass is 35.5. The number of carbonyl (C=O) groups excluding carboxylic acids is 1. The molecule has 2 saturated heterocycles. The number of thioether (sulfide) groups is 2. The van der Waals surface area contributed by atoms with Crippen LogP contribution in [0.25, 0.3) is 0 Å². The summed E-state index contributed by atoms with van der Waals surface area (Å²) >= 11 is 4.01. The Morgan fingerprint density at radius 3 is 2.61 bits per heavy atom. The molecule has 0 spiro atoms. The van der Waals surface area contributed by atoms with Crippen molar-refractivity contribution in [1.82, 2.24) is 10.2 Å². The van der Waals surface area contributed by atoms with Crippen LogP contribution in [0, 0.1) is 5.92 Å². The van der Waals surface area contributed by atoms with Crippen molar-refractivity contribution in [2.45, 2.75) is 17.4 Å². The molecule has 2 aliphatic heterocycles. The standard InChI is InChI=1S/C17H24N2OS2.ClH/c1-18-11-13-3-2-8-19(12-13)16(20)14-4-6-15(7-5-14)17-21-9-10-22-17;/h4-7,13,17-18H,2-3,8-12H2,1H3;1H. The van der Waals surface area contributed by atoms with Gasteiger partial charge >= 0.3 is 0 Å². The van der Waals surface area contributed by atoms with E-state index in [1.54, 1.807) is 0 Å². The Balaban J connectivity index is 0.00000192. The van der Waals surface area contributed by atoms with Crippen LogP contribution in [0.3, 0.4) is 0 Å². The number of carbonyl (C=O) groups is 1. The molecule has 1 atom stereocenters. The molecule has 1 amide bonds. The van der Waals surface area contributed by atoms with Crippen LogP contribution in [-0.2, 0) is 0 Å². The van der Waals surface area contributed by atoms with Crippen LogP contribution < -0.4 is 5.32 Å². The number of nitrogens with zero attached hydrogens (tertiary/aromatic N) is 1. The van der Waals surface area contributed by atoms with Crippen molar-refractivity contribution in [1.29, 1.82) is 0 Å². The summed E-state index contributed by atoms with van der Waals surface area (Å²) in [4.78, 5) is 14.7. The van der Waals surface area contributed by atoms with E-state index in [1.165, 1.54) is 23.5 Å². The molecule has 0 bridgehead atoms. The van der Waals surface area contributed by atoms with Gasteiger partial charge in [-0.3, -0.25) is 4.79 Å². The molecule has 0 aromatic heterocycles. The number of rotatable bonds is 4. The van der Waals surface area contributed by atoms with E-state index in [9.17, 15) is 4.79 Å². The molecule has 2 fully saturated rings. The lowest BCUT2D eigenvalue weighted by atomic mass is 9.97. The van der Waals surface area contributed by atoms with Crippen molar-refractivity contribution >= 4 is 41.8 Å². The van der Waals surface area contributed by atoms with Gasteiger partial charge in [-0.1, -0.05) is 12.1 Å². The van der Waals surface area contributed by atoms with Crippen molar-refractivity contribution in [2.24, 2.45) is 5.92 Å². The van der Waals surface area contributed by atoms with Crippen molar-refractivity contribution in [2.75, 3.05) is 38.2 Å². The van der Waals surface area contributed by atoms with E-state index in [1.807, 2.05) is 47.6 Å². The van der Waals surface area contributed by atoms with Crippen molar-refractivity contribution < 1.29 is 4.79 Å². The number of hydrogen-bond acceptors (Lipinski definition) is 4. The summed E-state index contributed by atoms with van der Waals surface area (Å²) < 4.78 is 0.555. The van der Waals surface area contributed by atoms with Crippen LogP contribution >= 0.6 is 35.9 Å². The average molecular weight is 373 g/mol. The minimum atomic E-state index is 0. The van der Waals surface area contributed by atoms with Crippen LogP contribution in [0.2, 0.25) is 0 Å². The first-order valence-corrected chi connectivity index (χ1v) is 10.1. The maximum atomic E-state index is 12.7. The van der Waals surface area contributed by atoms with E-state index in [0.717, 1.165) is 31.6 Å². The van der Waals surface area contributed by atoms with Gasteiger partial charge in [0.2, 0.25) is 0 Å². The Hall–Kier alpha value is -0.360. The van der Waals surface area contributed by atoms with Gasteiger partial charge in [-0.25, -0.2) is 0 Å². The molecule has 2 aliphatic rings. The number of benzene rings is 1. The predicted molar refractivity (Wildman–Crippen MR) is 104 cm³/mol. The first-order chi connectivity index (χ1) is 10.8. The number of piperidine rings is 1. The lowest BCUT2D eigenvalue weighted by Crippen LogP contribution is -2.42. The Morgan fingerprint density at radius 1 is 1.26 bits per heavy atom. The summed E-state index contributed by atoms with van der Waals surface area (Å²) in [5.74, 6) is 3.25. The third-order valence-electron chi connectivity index (χ3n) is 4.35. The summed E-state index contributed by atoms with van der Waals surface area (Å²) in [7, 11) is 1.98. The highest BCUT2D eigenvalue weighted by Crippen LogP contribution is 2.45. The Bertz CT molecular complexity index is 504. The van der Waals surface area contributed by atoms with Gasteiger partial charge in [0.15, 0.2) is 0 Å². The number of halogens is 1. The zero-order chi connectivity index (χ0) is 15.4. The molecular formula is C17H25ClN2OS2. The van der Waals surface area contributed by atoms with Gasteiger partial charge in [-0.15, -0.1) is 35.9 Å². The fourth-order valence-electron chi connectivity index (χ4n) is 3.22. The van der Waals surface area contributed by atoms with Gasteiger partial charge in [0, 0.05) is 30.2 Å². The van der Waals surface area contributed by atoms with Crippen LogP contribution in [0.5, 0.6) is 0 Å². The molecule has 1 aromatic rings. The molecule has 1 unspecified atom stereocenters. The number of nitrogens with one attached hydrogen (secondary N) is 1.